The van der Waals surface area contributed by atoms with Gasteiger partial charge in [0.2, 0.25) is 0 Å². The first-order valence-corrected chi connectivity index (χ1v) is 5.40. The second-order valence-corrected chi connectivity index (χ2v) is 4.44. The maximum absolute atomic E-state index is 10.7. The van der Waals surface area contributed by atoms with Crippen molar-refractivity contribution >= 4 is 23.5 Å². The summed E-state index contributed by atoms with van der Waals surface area (Å²) in [6.45, 7) is 5.28. The maximum atomic E-state index is 10.7. The predicted molar refractivity (Wildman–Crippen MR) is 54.0 cm³/mol. The highest BCUT2D eigenvalue weighted by Gasteiger charge is 2.21. The van der Waals surface area contributed by atoms with Crippen molar-refractivity contribution in [2.24, 2.45) is 11.8 Å². The van der Waals surface area contributed by atoms with Gasteiger partial charge in [0.1, 0.15) is 5.78 Å². The Hall–Kier alpha value is -0.510. The van der Waals surface area contributed by atoms with Crippen LogP contribution in [0.5, 0.6) is 0 Å². The Morgan fingerprint density at radius 2 is 1.92 bits per heavy atom. The zero-order valence-electron chi connectivity index (χ0n) is 8.24. The third kappa shape index (κ3) is 5.69. The number of carboxylic acid groups (broad SMARTS) is 1. The minimum atomic E-state index is -0.772. The summed E-state index contributed by atoms with van der Waals surface area (Å²) in [6.07, 6.45) is 0. The fourth-order valence-corrected chi connectivity index (χ4v) is 2.07. The standard InChI is InChI=1S/C9H16O3S/c1-6(2)8(9(11)12)5-13-4-7(3)10/h6,8H,4-5H2,1-3H3,(H,11,12). The van der Waals surface area contributed by atoms with Crippen LogP contribution in [-0.4, -0.2) is 28.4 Å². The number of Topliss-reactive ketones (excluding diaryl/α,β-unsaturated/α-hetero) is 1. The quantitative estimate of drug-likeness (QED) is 0.715. The summed E-state index contributed by atoms with van der Waals surface area (Å²) in [5, 5.41) is 8.81. The Morgan fingerprint density at radius 3 is 2.23 bits per heavy atom. The summed E-state index contributed by atoms with van der Waals surface area (Å²) < 4.78 is 0. The second kappa shape index (κ2) is 6.02. The summed E-state index contributed by atoms with van der Waals surface area (Å²) in [7, 11) is 0. The molecule has 0 amide bonds. The first kappa shape index (κ1) is 12.5. The topological polar surface area (TPSA) is 54.4 Å². The highest BCUT2D eigenvalue weighted by molar-refractivity contribution is 7.99. The molecule has 0 aliphatic heterocycles. The molecule has 0 aromatic rings. The lowest BCUT2D eigenvalue weighted by molar-refractivity contribution is -0.142. The van der Waals surface area contributed by atoms with Crippen molar-refractivity contribution in [3.8, 4) is 0 Å². The monoisotopic (exact) mass is 204 g/mol. The minimum absolute atomic E-state index is 0.0953. The van der Waals surface area contributed by atoms with E-state index in [-0.39, 0.29) is 17.6 Å². The lowest BCUT2D eigenvalue weighted by Crippen LogP contribution is -2.22. The number of hydrogen-bond acceptors (Lipinski definition) is 3. The molecule has 4 heteroatoms. The van der Waals surface area contributed by atoms with E-state index in [1.54, 1.807) is 0 Å². The van der Waals surface area contributed by atoms with E-state index in [4.69, 9.17) is 5.11 Å². The molecule has 1 atom stereocenters. The van der Waals surface area contributed by atoms with Crippen LogP contribution < -0.4 is 0 Å². The molecule has 0 aliphatic rings. The molecule has 0 bridgehead atoms. The number of carbonyl (C=O) groups excluding carboxylic acids is 1. The third-order valence-corrected chi connectivity index (χ3v) is 2.93. The zero-order chi connectivity index (χ0) is 10.4. The third-order valence-electron chi connectivity index (χ3n) is 1.72. The summed E-state index contributed by atoms with van der Waals surface area (Å²) in [5.41, 5.74) is 0. The van der Waals surface area contributed by atoms with Crippen molar-refractivity contribution in [1.29, 1.82) is 0 Å². The normalized spacial score (nSPS) is 12.9. The molecule has 0 rings (SSSR count). The molecule has 0 fully saturated rings. The molecule has 0 aromatic heterocycles. The predicted octanol–water partition coefficient (Wildman–Crippen LogP) is 1.67. The summed E-state index contributed by atoms with van der Waals surface area (Å²) in [4.78, 5) is 21.3. The van der Waals surface area contributed by atoms with Gasteiger partial charge in [-0.3, -0.25) is 9.59 Å². The molecule has 0 spiro atoms. The minimum Gasteiger partial charge on any atom is -0.481 e. The smallest absolute Gasteiger partial charge is 0.307 e. The van der Waals surface area contributed by atoms with E-state index in [0.717, 1.165) is 0 Å². The molecule has 13 heavy (non-hydrogen) atoms. The molecule has 0 saturated carbocycles. The van der Waals surface area contributed by atoms with E-state index < -0.39 is 5.97 Å². The molecule has 0 saturated heterocycles. The highest BCUT2D eigenvalue weighted by atomic mass is 32.2. The van der Waals surface area contributed by atoms with Gasteiger partial charge in [-0.05, 0) is 12.8 Å². The van der Waals surface area contributed by atoms with Crippen LogP contribution in [0.1, 0.15) is 20.8 Å². The van der Waals surface area contributed by atoms with Crippen molar-refractivity contribution in [3.05, 3.63) is 0 Å². The molecule has 0 radical (unpaired) electrons. The Kier molecular flexibility index (Phi) is 5.79. The van der Waals surface area contributed by atoms with Gasteiger partial charge in [-0.1, -0.05) is 13.8 Å². The Balaban J connectivity index is 3.84. The highest BCUT2D eigenvalue weighted by Crippen LogP contribution is 2.17. The van der Waals surface area contributed by atoms with Crippen molar-refractivity contribution in [2.45, 2.75) is 20.8 Å². The number of thioether (sulfide) groups is 1. The molecule has 0 aromatic carbocycles. The van der Waals surface area contributed by atoms with Gasteiger partial charge in [0.05, 0.1) is 11.7 Å². The van der Waals surface area contributed by atoms with Gasteiger partial charge in [-0.25, -0.2) is 0 Å². The largest absolute Gasteiger partial charge is 0.481 e. The maximum Gasteiger partial charge on any atom is 0.307 e. The molecular formula is C9H16O3S. The molecule has 1 unspecified atom stereocenters. The van der Waals surface area contributed by atoms with Gasteiger partial charge in [0.15, 0.2) is 0 Å². The molecule has 0 aliphatic carbocycles. The van der Waals surface area contributed by atoms with Gasteiger partial charge >= 0.3 is 5.97 Å². The van der Waals surface area contributed by atoms with Crippen LogP contribution in [0.15, 0.2) is 0 Å². The van der Waals surface area contributed by atoms with E-state index in [2.05, 4.69) is 0 Å². The van der Waals surface area contributed by atoms with E-state index in [9.17, 15) is 9.59 Å². The van der Waals surface area contributed by atoms with Crippen LogP contribution in [-0.2, 0) is 9.59 Å². The van der Waals surface area contributed by atoms with Crippen LogP contribution in [0, 0.1) is 11.8 Å². The number of hydrogen-bond donors (Lipinski definition) is 1. The van der Waals surface area contributed by atoms with Crippen LogP contribution in [0.4, 0.5) is 0 Å². The summed E-state index contributed by atoms with van der Waals surface area (Å²) >= 11 is 1.40. The molecular weight excluding hydrogens is 188 g/mol. The lowest BCUT2D eigenvalue weighted by atomic mass is 9.98. The van der Waals surface area contributed by atoms with Gasteiger partial charge in [0.25, 0.3) is 0 Å². The first-order valence-electron chi connectivity index (χ1n) is 4.25. The van der Waals surface area contributed by atoms with Crippen LogP contribution >= 0.6 is 11.8 Å². The average Bonchev–Trinajstić information content (AvgIpc) is 1.95. The number of rotatable bonds is 6. The lowest BCUT2D eigenvalue weighted by Gasteiger charge is -2.14. The molecule has 1 N–H and O–H groups in total. The van der Waals surface area contributed by atoms with Crippen LogP contribution in [0.25, 0.3) is 0 Å². The van der Waals surface area contributed by atoms with E-state index in [1.807, 2.05) is 13.8 Å². The molecule has 0 heterocycles. The van der Waals surface area contributed by atoms with Crippen LogP contribution in [0.3, 0.4) is 0 Å². The second-order valence-electron chi connectivity index (χ2n) is 3.41. The fourth-order valence-electron chi connectivity index (χ4n) is 0.879. The van der Waals surface area contributed by atoms with E-state index in [1.165, 1.54) is 18.7 Å². The van der Waals surface area contributed by atoms with Crippen molar-refractivity contribution in [1.82, 2.24) is 0 Å². The average molecular weight is 204 g/mol. The van der Waals surface area contributed by atoms with Crippen LogP contribution in [0.2, 0.25) is 0 Å². The molecule has 3 nitrogen and oxygen atoms in total. The SMILES string of the molecule is CC(=O)CSCC(C(=O)O)C(C)C. The first-order chi connectivity index (χ1) is 5.95. The number of ketones is 1. The molecule has 76 valence electrons. The Labute approximate surface area is 82.9 Å². The van der Waals surface area contributed by atoms with Crippen molar-refractivity contribution in [2.75, 3.05) is 11.5 Å². The number of carbonyl (C=O) groups is 2. The summed E-state index contributed by atoms with van der Waals surface area (Å²) in [6, 6.07) is 0. The Morgan fingerprint density at radius 1 is 1.38 bits per heavy atom. The zero-order valence-corrected chi connectivity index (χ0v) is 9.06. The van der Waals surface area contributed by atoms with Gasteiger partial charge < -0.3 is 5.11 Å². The Bertz CT molecular complexity index is 189. The number of carboxylic acids is 1. The van der Waals surface area contributed by atoms with Gasteiger partial charge in [-0.15, -0.1) is 0 Å². The van der Waals surface area contributed by atoms with E-state index >= 15 is 0 Å². The summed E-state index contributed by atoms with van der Waals surface area (Å²) in [5.74, 6) is 0.0357. The van der Waals surface area contributed by atoms with Gasteiger partial charge in [-0.2, -0.15) is 11.8 Å². The van der Waals surface area contributed by atoms with Gasteiger partial charge in [0, 0.05) is 5.75 Å². The van der Waals surface area contributed by atoms with Crippen molar-refractivity contribution in [3.63, 3.8) is 0 Å². The number of aliphatic carboxylic acids is 1. The van der Waals surface area contributed by atoms with E-state index in [0.29, 0.717) is 11.5 Å². The van der Waals surface area contributed by atoms with Crippen molar-refractivity contribution < 1.29 is 14.7 Å². The fraction of sp³-hybridized carbons (Fsp3) is 0.778.